The van der Waals surface area contributed by atoms with E-state index in [4.69, 9.17) is 16.3 Å². The van der Waals surface area contributed by atoms with E-state index in [1.165, 1.54) is 5.56 Å². The molecule has 0 aromatic heterocycles. The van der Waals surface area contributed by atoms with Crippen molar-refractivity contribution in [1.82, 2.24) is 10.2 Å². The molecule has 0 bridgehead atoms. The Hall–Kier alpha value is -1.10. The molecule has 22 heavy (non-hydrogen) atoms. The average Bonchev–Trinajstić information content (AvgIpc) is 3.06. The van der Waals surface area contributed by atoms with E-state index in [0.717, 1.165) is 50.5 Å². The lowest BCUT2D eigenvalue weighted by molar-refractivity contribution is -0.126. The summed E-state index contributed by atoms with van der Waals surface area (Å²) in [6.07, 6.45) is 2.90. The number of amides is 1. The van der Waals surface area contributed by atoms with Crippen LogP contribution < -0.4 is 5.32 Å². The smallest absolute Gasteiger partial charge is 0.225 e. The Bertz CT molecular complexity index is 492. The molecule has 2 heterocycles. The molecule has 2 saturated heterocycles. The molecule has 1 amide bonds. The van der Waals surface area contributed by atoms with Crippen molar-refractivity contribution in [2.75, 3.05) is 26.3 Å². The van der Waals surface area contributed by atoms with E-state index in [0.29, 0.717) is 12.6 Å². The summed E-state index contributed by atoms with van der Waals surface area (Å²) in [6, 6.07) is 8.35. The van der Waals surface area contributed by atoms with E-state index in [2.05, 4.69) is 22.3 Å². The molecular formula is C17H23ClN2O2. The number of hydrogen-bond donors (Lipinski definition) is 1. The van der Waals surface area contributed by atoms with Crippen molar-refractivity contribution < 1.29 is 9.53 Å². The zero-order valence-corrected chi connectivity index (χ0v) is 13.5. The first-order chi connectivity index (χ1) is 10.7. The Morgan fingerprint density at radius 2 is 1.95 bits per heavy atom. The van der Waals surface area contributed by atoms with Crippen LogP contribution in [0.15, 0.2) is 24.3 Å². The number of ether oxygens (including phenoxy) is 1. The first-order valence-electron chi connectivity index (χ1n) is 8.05. The average molecular weight is 323 g/mol. The standard InChI is InChI=1S/C17H23ClN2O2/c18-15-3-1-13(2-4-15)11-20-8-5-16(6-9-20)19-17(21)14-7-10-22-12-14/h1-4,14,16H,5-12H2,(H,19,21). The number of halogens is 1. The number of piperidine rings is 1. The van der Waals surface area contributed by atoms with Crippen LogP contribution in [0.3, 0.4) is 0 Å². The summed E-state index contributed by atoms with van der Waals surface area (Å²) in [5.74, 6) is 0.237. The highest BCUT2D eigenvalue weighted by molar-refractivity contribution is 6.30. The van der Waals surface area contributed by atoms with Gasteiger partial charge in [-0.05, 0) is 37.0 Å². The van der Waals surface area contributed by atoms with Gasteiger partial charge in [-0.15, -0.1) is 0 Å². The maximum atomic E-state index is 12.1. The number of carbonyl (C=O) groups is 1. The van der Waals surface area contributed by atoms with Crippen LogP contribution >= 0.6 is 11.6 Å². The van der Waals surface area contributed by atoms with Crippen molar-refractivity contribution in [2.45, 2.75) is 31.8 Å². The minimum atomic E-state index is 0.0621. The van der Waals surface area contributed by atoms with Gasteiger partial charge in [0.15, 0.2) is 0 Å². The van der Waals surface area contributed by atoms with Crippen LogP contribution in [-0.4, -0.2) is 43.2 Å². The minimum absolute atomic E-state index is 0.0621. The molecule has 3 rings (SSSR count). The zero-order valence-electron chi connectivity index (χ0n) is 12.8. The largest absolute Gasteiger partial charge is 0.381 e. The lowest BCUT2D eigenvalue weighted by Crippen LogP contribution is -2.46. The van der Waals surface area contributed by atoms with Gasteiger partial charge in [-0.25, -0.2) is 0 Å². The predicted molar refractivity (Wildman–Crippen MR) is 86.8 cm³/mol. The highest BCUT2D eigenvalue weighted by Crippen LogP contribution is 2.17. The molecule has 2 aliphatic rings. The molecule has 0 radical (unpaired) electrons. The molecule has 1 N–H and O–H groups in total. The molecule has 0 saturated carbocycles. The number of nitrogens with zero attached hydrogens (tertiary/aromatic N) is 1. The molecule has 0 aliphatic carbocycles. The van der Waals surface area contributed by atoms with E-state index in [-0.39, 0.29) is 11.8 Å². The first-order valence-corrected chi connectivity index (χ1v) is 8.43. The number of hydrogen-bond acceptors (Lipinski definition) is 3. The molecule has 0 spiro atoms. The van der Waals surface area contributed by atoms with Crippen LogP contribution in [0, 0.1) is 5.92 Å². The van der Waals surface area contributed by atoms with Crippen molar-refractivity contribution in [2.24, 2.45) is 5.92 Å². The van der Waals surface area contributed by atoms with E-state index >= 15 is 0 Å². The lowest BCUT2D eigenvalue weighted by Gasteiger charge is -2.32. The number of rotatable bonds is 4. The maximum absolute atomic E-state index is 12.1. The topological polar surface area (TPSA) is 41.6 Å². The van der Waals surface area contributed by atoms with Gasteiger partial charge in [0.2, 0.25) is 5.91 Å². The summed E-state index contributed by atoms with van der Waals surface area (Å²) in [7, 11) is 0. The van der Waals surface area contributed by atoms with Crippen LogP contribution in [0.2, 0.25) is 5.02 Å². The second kappa shape index (κ2) is 7.44. The second-order valence-corrected chi connectivity index (χ2v) is 6.68. The Kier molecular flexibility index (Phi) is 5.34. The third-order valence-corrected chi connectivity index (χ3v) is 4.81. The summed E-state index contributed by atoms with van der Waals surface area (Å²) in [5.41, 5.74) is 1.29. The molecule has 1 aromatic carbocycles. The van der Waals surface area contributed by atoms with Gasteiger partial charge >= 0.3 is 0 Å². The fourth-order valence-electron chi connectivity index (χ4n) is 3.14. The quantitative estimate of drug-likeness (QED) is 0.926. The summed E-state index contributed by atoms with van der Waals surface area (Å²) < 4.78 is 5.28. The molecule has 1 atom stereocenters. The zero-order chi connectivity index (χ0) is 15.4. The third-order valence-electron chi connectivity index (χ3n) is 4.55. The fourth-order valence-corrected chi connectivity index (χ4v) is 3.27. The Balaban J connectivity index is 1.42. The highest BCUT2D eigenvalue weighted by atomic mass is 35.5. The van der Waals surface area contributed by atoms with Crippen molar-refractivity contribution in [3.63, 3.8) is 0 Å². The Labute approximate surface area is 136 Å². The molecule has 2 aliphatic heterocycles. The molecule has 2 fully saturated rings. The van der Waals surface area contributed by atoms with Gasteiger partial charge < -0.3 is 10.1 Å². The van der Waals surface area contributed by atoms with Gasteiger partial charge in [-0.1, -0.05) is 23.7 Å². The highest BCUT2D eigenvalue weighted by Gasteiger charge is 2.27. The van der Waals surface area contributed by atoms with Gasteiger partial charge in [0.25, 0.3) is 0 Å². The van der Waals surface area contributed by atoms with E-state index in [1.54, 1.807) is 0 Å². The molecule has 1 aromatic rings. The fraction of sp³-hybridized carbons (Fsp3) is 0.588. The number of carbonyl (C=O) groups excluding carboxylic acids is 1. The summed E-state index contributed by atoms with van der Waals surface area (Å²) in [6.45, 7) is 4.30. The van der Waals surface area contributed by atoms with Gasteiger partial charge in [0.1, 0.15) is 0 Å². The second-order valence-electron chi connectivity index (χ2n) is 6.25. The monoisotopic (exact) mass is 322 g/mol. The minimum Gasteiger partial charge on any atom is -0.381 e. The van der Waals surface area contributed by atoms with Gasteiger partial charge in [0, 0.05) is 37.3 Å². The van der Waals surface area contributed by atoms with Crippen molar-refractivity contribution in [3.05, 3.63) is 34.9 Å². The van der Waals surface area contributed by atoms with Crippen LogP contribution in [0.25, 0.3) is 0 Å². The van der Waals surface area contributed by atoms with Crippen molar-refractivity contribution in [3.8, 4) is 0 Å². The summed E-state index contributed by atoms with van der Waals surface area (Å²) >= 11 is 5.91. The molecule has 5 heteroatoms. The van der Waals surface area contributed by atoms with E-state index in [9.17, 15) is 4.79 Å². The summed E-state index contributed by atoms with van der Waals surface area (Å²) in [4.78, 5) is 14.5. The number of likely N-dealkylation sites (tertiary alicyclic amines) is 1. The van der Waals surface area contributed by atoms with Crippen molar-refractivity contribution in [1.29, 1.82) is 0 Å². The Morgan fingerprint density at radius 1 is 1.23 bits per heavy atom. The summed E-state index contributed by atoms with van der Waals surface area (Å²) in [5, 5.41) is 3.97. The number of benzene rings is 1. The molecular weight excluding hydrogens is 300 g/mol. The Morgan fingerprint density at radius 3 is 2.59 bits per heavy atom. The molecule has 1 unspecified atom stereocenters. The molecule has 4 nitrogen and oxygen atoms in total. The normalized spacial score (nSPS) is 23.6. The van der Waals surface area contributed by atoms with Crippen LogP contribution in [0.4, 0.5) is 0 Å². The predicted octanol–water partition coefficient (Wildman–Crippen LogP) is 2.46. The van der Waals surface area contributed by atoms with E-state index in [1.807, 2.05) is 12.1 Å². The van der Waals surface area contributed by atoms with Crippen molar-refractivity contribution >= 4 is 17.5 Å². The SMILES string of the molecule is O=C(NC1CCN(Cc2ccc(Cl)cc2)CC1)C1CCOC1. The van der Waals surface area contributed by atoms with Crippen LogP contribution in [-0.2, 0) is 16.1 Å². The lowest BCUT2D eigenvalue weighted by atomic mass is 10.0. The third kappa shape index (κ3) is 4.22. The van der Waals surface area contributed by atoms with Gasteiger partial charge in [-0.3, -0.25) is 9.69 Å². The van der Waals surface area contributed by atoms with Crippen LogP contribution in [0.5, 0.6) is 0 Å². The van der Waals surface area contributed by atoms with Crippen LogP contribution in [0.1, 0.15) is 24.8 Å². The van der Waals surface area contributed by atoms with Gasteiger partial charge in [0.05, 0.1) is 12.5 Å². The van der Waals surface area contributed by atoms with Gasteiger partial charge in [-0.2, -0.15) is 0 Å². The maximum Gasteiger partial charge on any atom is 0.225 e. The molecule has 120 valence electrons. The number of nitrogens with one attached hydrogen (secondary N) is 1. The van der Waals surface area contributed by atoms with E-state index < -0.39 is 0 Å². The first kappa shape index (κ1) is 15.8.